The van der Waals surface area contributed by atoms with E-state index >= 15 is 0 Å². The summed E-state index contributed by atoms with van der Waals surface area (Å²) in [5.74, 6) is 0.0316. The number of anilines is 1. The highest BCUT2D eigenvalue weighted by Gasteiger charge is 2.04. The van der Waals surface area contributed by atoms with Gasteiger partial charge < -0.3 is 10.6 Å². The van der Waals surface area contributed by atoms with E-state index in [1.807, 2.05) is 13.0 Å². The minimum absolute atomic E-state index is 0.0316. The van der Waals surface area contributed by atoms with Crippen LogP contribution in [0.15, 0.2) is 16.9 Å². The molecule has 2 N–H and O–H groups in total. The fourth-order valence-corrected chi connectivity index (χ4v) is 1.71. The van der Waals surface area contributed by atoms with E-state index in [2.05, 4.69) is 45.4 Å². The van der Waals surface area contributed by atoms with Crippen LogP contribution >= 0.6 is 15.9 Å². The maximum atomic E-state index is 11.7. The fraction of sp³-hybridized carbons (Fsp3) is 0.538. The number of carbonyl (C=O) groups is 1. The van der Waals surface area contributed by atoms with Gasteiger partial charge in [0, 0.05) is 12.5 Å². The molecule has 0 aliphatic carbocycles. The van der Waals surface area contributed by atoms with Crippen molar-refractivity contribution < 1.29 is 4.79 Å². The average molecular weight is 314 g/mol. The molecule has 1 aromatic rings. The van der Waals surface area contributed by atoms with Gasteiger partial charge in [0.15, 0.2) is 0 Å². The molecule has 0 saturated heterocycles. The normalized spacial score (nSPS) is 10.7. The van der Waals surface area contributed by atoms with Crippen LogP contribution < -0.4 is 10.6 Å². The molecule has 0 fully saturated rings. The van der Waals surface area contributed by atoms with E-state index in [0.717, 1.165) is 28.8 Å². The number of hydrogen-bond donors (Lipinski definition) is 2. The number of aryl methyl sites for hydroxylation is 1. The molecule has 0 unspecified atom stereocenters. The number of nitrogens with one attached hydrogen (secondary N) is 2. The lowest BCUT2D eigenvalue weighted by Crippen LogP contribution is -2.24. The third-order valence-electron chi connectivity index (χ3n) is 2.43. The highest BCUT2D eigenvalue weighted by atomic mass is 79.9. The molecule has 0 atom stereocenters. The second-order valence-electron chi connectivity index (χ2n) is 4.59. The van der Waals surface area contributed by atoms with Crippen molar-refractivity contribution in [2.45, 2.75) is 39.7 Å². The molecule has 5 heteroatoms. The minimum Gasteiger partial charge on any atom is -0.325 e. The Labute approximate surface area is 117 Å². The van der Waals surface area contributed by atoms with Crippen LogP contribution in [0.25, 0.3) is 0 Å². The van der Waals surface area contributed by atoms with Crippen LogP contribution in [0, 0.1) is 6.92 Å². The molecule has 0 aliphatic rings. The Kier molecular flexibility index (Phi) is 6.29. The summed E-state index contributed by atoms with van der Waals surface area (Å²) in [7, 11) is 0. The topological polar surface area (TPSA) is 54.0 Å². The van der Waals surface area contributed by atoms with Gasteiger partial charge in [-0.1, -0.05) is 13.8 Å². The standard InChI is InChI=1S/C13H20BrN3O/c1-9(2)15-6-4-5-12(18)17-11-7-10(3)13(14)16-8-11/h7-9,15H,4-6H2,1-3H3,(H,17,18). The van der Waals surface area contributed by atoms with Crippen LogP contribution in [-0.2, 0) is 4.79 Å². The van der Waals surface area contributed by atoms with Crippen molar-refractivity contribution in [2.24, 2.45) is 0 Å². The van der Waals surface area contributed by atoms with Crippen LogP contribution in [0.2, 0.25) is 0 Å². The first-order chi connectivity index (χ1) is 8.49. The summed E-state index contributed by atoms with van der Waals surface area (Å²) in [5.41, 5.74) is 1.76. The molecule has 1 rings (SSSR count). The van der Waals surface area contributed by atoms with Crippen LogP contribution in [0.1, 0.15) is 32.3 Å². The second-order valence-corrected chi connectivity index (χ2v) is 5.34. The first-order valence-corrected chi connectivity index (χ1v) is 6.93. The Hall–Kier alpha value is -0.940. The molecule has 4 nitrogen and oxygen atoms in total. The van der Waals surface area contributed by atoms with Crippen molar-refractivity contribution in [2.75, 3.05) is 11.9 Å². The Morgan fingerprint density at radius 1 is 1.50 bits per heavy atom. The summed E-state index contributed by atoms with van der Waals surface area (Å²) >= 11 is 3.33. The number of halogens is 1. The molecular weight excluding hydrogens is 294 g/mol. The van der Waals surface area contributed by atoms with Crippen LogP contribution in [0.4, 0.5) is 5.69 Å². The molecule has 1 aromatic heterocycles. The van der Waals surface area contributed by atoms with Crippen molar-refractivity contribution >= 4 is 27.5 Å². The maximum Gasteiger partial charge on any atom is 0.224 e. The van der Waals surface area contributed by atoms with E-state index in [4.69, 9.17) is 0 Å². The molecule has 0 saturated carbocycles. The number of carbonyl (C=O) groups excluding carboxylic acids is 1. The van der Waals surface area contributed by atoms with E-state index in [9.17, 15) is 4.79 Å². The van der Waals surface area contributed by atoms with Gasteiger partial charge in [0.2, 0.25) is 5.91 Å². The third kappa shape index (κ3) is 5.60. The predicted octanol–water partition coefficient (Wildman–Crippen LogP) is 2.87. The maximum absolute atomic E-state index is 11.7. The smallest absolute Gasteiger partial charge is 0.224 e. The first-order valence-electron chi connectivity index (χ1n) is 6.14. The van der Waals surface area contributed by atoms with Crippen molar-refractivity contribution in [1.82, 2.24) is 10.3 Å². The molecule has 0 aliphatic heterocycles. The predicted molar refractivity (Wildman–Crippen MR) is 77.7 cm³/mol. The molecule has 0 radical (unpaired) electrons. The molecule has 1 amide bonds. The number of hydrogen-bond acceptors (Lipinski definition) is 3. The number of amides is 1. The number of rotatable bonds is 6. The van der Waals surface area contributed by atoms with E-state index in [1.54, 1.807) is 6.20 Å². The molecular formula is C13H20BrN3O. The van der Waals surface area contributed by atoms with Gasteiger partial charge in [-0.3, -0.25) is 4.79 Å². The van der Waals surface area contributed by atoms with Crippen LogP contribution in [-0.4, -0.2) is 23.5 Å². The summed E-state index contributed by atoms with van der Waals surface area (Å²) in [6.45, 7) is 6.99. The number of pyridine rings is 1. The van der Waals surface area contributed by atoms with Gasteiger partial charge in [0.25, 0.3) is 0 Å². The minimum atomic E-state index is 0.0316. The Bertz CT molecular complexity index is 407. The average Bonchev–Trinajstić information content (AvgIpc) is 2.29. The zero-order valence-corrected chi connectivity index (χ0v) is 12.7. The lowest BCUT2D eigenvalue weighted by Gasteiger charge is -2.08. The van der Waals surface area contributed by atoms with Crippen LogP contribution in [0.3, 0.4) is 0 Å². The first kappa shape index (κ1) is 15.1. The van der Waals surface area contributed by atoms with Crippen molar-refractivity contribution in [3.05, 3.63) is 22.4 Å². The van der Waals surface area contributed by atoms with Gasteiger partial charge in [0.05, 0.1) is 11.9 Å². The zero-order valence-electron chi connectivity index (χ0n) is 11.1. The van der Waals surface area contributed by atoms with E-state index < -0.39 is 0 Å². The Morgan fingerprint density at radius 3 is 2.83 bits per heavy atom. The van der Waals surface area contributed by atoms with Crippen molar-refractivity contribution in [1.29, 1.82) is 0 Å². The van der Waals surface area contributed by atoms with Gasteiger partial charge in [-0.25, -0.2) is 4.98 Å². The quantitative estimate of drug-likeness (QED) is 0.627. The van der Waals surface area contributed by atoms with Crippen LogP contribution in [0.5, 0.6) is 0 Å². The highest BCUT2D eigenvalue weighted by Crippen LogP contribution is 2.16. The Morgan fingerprint density at radius 2 is 2.22 bits per heavy atom. The SMILES string of the molecule is Cc1cc(NC(=O)CCCNC(C)C)cnc1Br. The third-order valence-corrected chi connectivity index (χ3v) is 3.26. The summed E-state index contributed by atoms with van der Waals surface area (Å²) in [5, 5.41) is 6.13. The summed E-state index contributed by atoms with van der Waals surface area (Å²) in [6.07, 6.45) is 3.02. The van der Waals surface area contributed by atoms with Gasteiger partial charge >= 0.3 is 0 Å². The van der Waals surface area contributed by atoms with Gasteiger partial charge in [-0.2, -0.15) is 0 Å². The summed E-state index contributed by atoms with van der Waals surface area (Å²) in [6, 6.07) is 2.37. The largest absolute Gasteiger partial charge is 0.325 e. The van der Waals surface area contributed by atoms with Crippen molar-refractivity contribution in [3.63, 3.8) is 0 Å². The molecule has 0 bridgehead atoms. The van der Waals surface area contributed by atoms with E-state index in [0.29, 0.717) is 12.5 Å². The number of aromatic nitrogens is 1. The van der Waals surface area contributed by atoms with Crippen molar-refractivity contribution in [3.8, 4) is 0 Å². The van der Waals surface area contributed by atoms with E-state index in [-0.39, 0.29) is 5.91 Å². The lowest BCUT2D eigenvalue weighted by molar-refractivity contribution is -0.116. The highest BCUT2D eigenvalue weighted by molar-refractivity contribution is 9.10. The molecule has 1 heterocycles. The fourth-order valence-electron chi connectivity index (χ4n) is 1.49. The molecule has 0 aromatic carbocycles. The van der Waals surface area contributed by atoms with E-state index in [1.165, 1.54) is 0 Å². The lowest BCUT2D eigenvalue weighted by atomic mass is 10.2. The molecule has 0 spiro atoms. The zero-order chi connectivity index (χ0) is 13.5. The van der Waals surface area contributed by atoms with Gasteiger partial charge in [-0.15, -0.1) is 0 Å². The summed E-state index contributed by atoms with van der Waals surface area (Å²) < 4.78 is 0.807. The van der Waals surface area contributed by atoms with Gasteiger partial charge in [0.1, 0.15) is 4.60 Å². The second kappa shape index (κ2) is 7.48. The molecule has 100 valence electrons. The summed E-state index contributed by atoms with van der Waals surface area (Å²) in [4.78, 5) is 15.8. The molecule has 18 heavy (non-hydrogen) atoms. The monoisotopic (exact) mass is 313 g/mol. The number of nitrogens with zero attached hydrogens (tertiary/aromatic N) is 1. The van der Waals surface area contributed by atoms with Gasteiger partial charge in [-0.05, 0) is 47.4 Å². The Balaban J connectivity index is 2.33.